The third-order valence-electron chi connectivity index (χ3n) is 5.05. The minimum atomic E-state index is -0.526. The number of aromatic nitrogens is 1. The Morgan fingerprint density at radius 2 is 2.10 bits per heavy atom. The fourth-order valence-electron chi connectivity index (χ4n) is 3.32. The van der Waals surface area contributed by atoms with Crippen molar-refractivity contribution in [3.63, 3.8) is 0 Å². The van der Waals surface area contributed by atoms with Gasteiger partial charge in [-0.2, -0.15) is 0 Å². The molecule has 0 aliphatic carbocycles. The number of thiazole rings is 1. The van der Waals surface area contributed by atoms with E-state index in [2.05, 4.69) is 25.5 Å². The highest BCUT2D eigenvalue weighted by molar-refractivity contribution is 7.09. The van der Waals surface area contributed by atoms with E-state index in [0.717, 1.165) is 43.4 Å². The van der Waals surface area contributed by atoms with Crippen LogP contribution in [0.2, 0.25) is 0 Å². The largest absolute Gasteiger partial charge is 0.496 e. The summed E-state index contributed by atoms with van der Waals surface area (Å²) in [6.45, 7) is 7.83. The smallest absolute Gasteiger partial charge is 0.296 e. The maximum atomic E-state index is 12.7. The minimum Gasteiger partial charge on any atom is -0.496 e. The van der Waals surface area contributed by atoms with Crippen molar-refractivity contribution in [2.24, 2.45) is 0 Å². The van der Waals surface area contributed by atoms with Gasteiger partial charge in [-0.3, -0.25) is 24.7 Å². The van der Waals surface area contributed by atoms with E-state index in [1.807, 2.05) is 13.8 Å². The van der Waals surface area contributed by atoms with Crippen LogP contribution in [0.15, 0.2) is 23.6 Å². The Hall–Kier alpha value is -2.56. The first-order valence-corrected chi connectivity index (χ1v) is 10.3. The zero-order chi connectivity index (χ0) is 21.0. The molecule has 1 atom stereocenters. The summed E-state index contributed by atoms with van der Waals surface area (Å²) in [7, 11) is 1.44. The van der Waals surface area contributed by atoms with Gasteiger partial charge in [-0.05, 0) is 26.0 Å². The van der Waals surface area contributed by atoms with E-state index in [-0.39, 0.29) is 23.3 Å². The van der Waals surface area contributed by atoms with Gasteiger partial charge in [-0.1, -0.05) is 0 Å². The summed E-state index contributed by atoms with van der Waals surface area (Å²) in [5, 5.41) is 17.2. The van der Waals surface area contributed by atoms with Crippen LogP contribution in [-0.2, 0) is 11.3 Å². The summed E-state index contributed by atoms with van der Waals surface area (Å²) in [4.78, 5) is 32.4. The number of nitro benzene ring substituents is 1. The van der Waals surface area contributed by atoms with Gasteiger partial charge in [0.25, 0.3) is 5.69 Å². The molecule has 2 aromatic rings. The molecule has 1 aromatic heterocycles. The Morgan fingerprint density at radius 1 is 1.38 bits per heavy atom. The van der Waals surface area contributed by atoms with E-state index < -0.39 is 4.92 Å². The zero-order valence-corrected chi connectivity index (χ0v) is 17.6. The molecule has 10 heteroatoms. The molecule has 1 unspecified atom stereocenters. The van der Waals surface area contributed by atoms with Crippen LogP contribution < -0.4 is 10.1 Å². The lowest BCUT2D eigenvalue weighted by Crippen LogP contribution is -2.52. The number of amides is 1. The van der Waals surface area contributed by atoms with Crippen molar-refractivity contribution >= 4 is 28.6 Å². The van der Waals surface area contributed by atoms with Gasteiger partial charge in [-0.25, -0.2) is 4.98 Å². The Kier molecular flexibility index (Phi) is 6.78. The third-order valence-corrected chi connectivity index (χ3v) is 5.87. The average molecular weight is 420 g/mol. The molecule has 0 radical (unpaired) electrons. The van der Waals surface area contributed by atoms with Crippen molar-refractivity contribution in [2.45, 2.75) is 26.4 Å². The van der Waals surface area contributed by atoms with Crippen LogP contribution in [0, 0.1) is 17.0 Å². The summed E-state index contributed by atoms with van der Waals surface area (Å²) < 4.78 is 5.03. The third kappa shape index (κ3) is 5.28. The molecule has 1 N–H and O–H groups in total. The van der Waals surface area contributed by atoms with Gasteiger partial charge in [0.2, 0.25) is 5.91 Å². The van der Waals surface area contributed by atoms with Crippen molar-refractivity contribution in [3.8, 4) is 5.75 Å². The van der Waals surface area contributed by atoms with Gasteiger partial charge in [-0.15, -0.1) is 11.3 Å². The number of methoxy groups -OCH3 is 1. The van der Waals surface area contributed by atoms with Crippen LogP contribution >= 0.6 is 11.3 Å². The van der Waals surface area contributed by atoms with Gasteiger partial charge >= 0.3 is 0 Å². The highest BCUT2D eigenvalue weighted by Gasteiger charge is 2.27. The number of aryl methyl sites for hydroxylation is 1. The molecule has 0 spiro atoms. The van der Waals surface area contributed by atoms with Crippen molar-refractivity contribution in [2.75, 3.05) is 38.6 Å². The van der Waals surface area contributed by atoms with E-state index >= 15 is 0 Å². The van der Waals surface area contributed by atoms with Gasteiger partial charge in [0.15, 0.2) is 0 Å². The van der Waals surface area contributed by atoms with E-state index in [1.54, 1.807) is 17.4 Å². The molecule has 29 heavy (non-hydrogen) atoms. The Morgan fingerprint density at radius 3 is 2.69 bits per heavy atom. The number of nitrogens with zero attached hydrogens (tertiary/aromatic N) is 4. The molecule has 156 valence electrons. The second-order valence-electron chi connectivity index (χ2n) is 6.98. The van der Waals surface area contributed by atoms with Crippen LogP contribution in [0.3, 0.4) is 0 Å². The van der Waals surface area contributed by atoms with Gasteiger partial charge < -0.3 is 10.1 Å². The van der Waals surface area contributed by atoms with Crippen LogP contribution in [-0.4, -0.2) is 64.9 Å². The molecule has 1 aromatic carbocycles. The van der Waals surface area contributed by atoms with Gasteiger partial charge in [0.1, 0.15) is 11.4 Å². The molecular weight excluding hydrogens is 394 g/mol. The molecule has 1 aliphatic heterocycles. The summed E-state index contributed by atoms with van der Waals surface area (Å²) in [5.74, 6) is 0.107. The predicted molar refractivity (Wildman–Crippen MR) is 111 cm³/mol. The molecular formula is C19H25N5O4S. The Balaban J connectivity index is 1.56. The number of piperazine rings is 1. The van der Waals surface area contributed by atoms with E-state index in [1.165, 1.54) is 19.2 Å². The van der Waals surface area contributed by atoms with Crippen molar-refractivity contribution in [1.82, 2.24) is 14.8 Å². The maximum Gasteiger partial charge on any atom is 0.296 e. The first-order valence-electron chi connectivity index (χ1n) is 9.38. The number of nitrogens with one attached hydrogen (secondary N) is 1. The van der Waals surface area contributed by atoms with Crippen molar-refractivity contribution in [3.05, 3.63) is 44.4 Å². The summed E-state index contributed by atoms with van der Waals surface area (Å²) in [6.07, 6.45) is 0. The SMILES string of the molecule is COc1ccc(NC(=O)C(C)N2CCN(Cc3csc(C)n3)CC2)c([N+](=O)[O-])c1. The topological polar surface area (TPSA) is 101 Å². The van der Waals surface area contributed by atoms with Gasteiger partial charge in [0, 0.05) is 38.1 Å². The first-order chi connectivity index (χ1) is 13.9. The zero-order valence-electron chi connectivity index (χ0n) is 16.8. The van der Waals surface area contributed by atoms with Crippen molar-refractivity contribution < 1.29 is 14.5 Å². The normalized spacial score (nSPS) is 16.4. The number of nitro groups is 1. The number of anilines is 1. The summed E-state index contributed by atoms with van der Waals surface area (Å²) in [6, 6.07) is 4.00. The van der Waals surface area contributed by atoms with Crippen LogP contribution in [0.5, 0.6) is 5.75 Å². The number of hydrogen-bond acceptors (Lipinski definition) is 8. The molecule has 1 saturated heterocycles. The molecule has 3 rings (SSSR count). The lowest BCUT2D eigenvalue weighted by molar-refractivity contribution is -0.384. The molecule has 1 amide bonds. The first kappa shape index (κ1) is 21.2. The predicted octanol–water partition coefficient (Wildman–Crippen LogP) is 2.51. The highest BCUT2D eigenvalue weighted by atomic mass is 32.1. The number of benzene rings is 1. The fourth-order valence-corrected chi connectivity index (χ4v) is 3.92. The average Bonchev–Trinajstić information content (AvgIpc) is 3.12. The monoisotopic (exact) mass is 419 g/mol. The molecule has 9 nitrogen and oxygen atoms in total. The van der Waals surface area contributed by atoms with Gasteiger partial charge in [0.05, 0.1) is 34.8 Å². The molecule has 0 bridgehead atoms. The van der Waals surface area contributed by atoms with Crippen LogP contribution in [0.25, 0.3) is 0 Å². The molecule has 1 fully saturated rings. The van der Waals surface area contributed by atoms with Crippen LogP contribution in [0.1, 0.15) is 17.6 Å². The standard InChI is InChI=1S/C19H25N5O4S/c1-13(19(25)21-17-5-4-16(28-3)10-18(17)24(26)27)23-8-6-22(7-9-23)11-15-12-29-14(2)20-15/h4-5,10,12-13H,6-9,11H2,1-3H3,(H,21,25). The molecule has 2 heterocycles. The fraction of sp³-hybridized carbons (Fsp3) is 0.474. The van der Waals surface area contributed by atoms with E-state index in [0.29, 0.717) is 5.75 Å². The molecule has 1 aliphatic rings. The van der Waals surface area contributed by atoms with E-state index in [9.17, 15) is 14.9 Å². The highest BCUT2D eigenvalue weighted by Crippen LogP contribution is 2.29. The number of rotatable bonds is 7. The van der Waals surface area contributed by atoms with Crippen molar-refractivity contribution in [1.29, 1.82) is 0 Å². The lowest BCUT2D eigenvalue weighted by atomic mass is 10.2. The number of ether oxygens (including phenoxy) is 1. The Labute approximate surface area is 173 Å². The molecule has 0 saturated carbocycles. The number of carbonyl (C=O) groups is 1. The maximum absolute atomic E-state index is 12.7. The second-order valence-corrected chi connectivity index (χ2v) is 8.04. The minimum absolute atomic E-state index is 0.171. The quantitative estimate of drug-likeness (QED) is 0.543. The summed E-state index contributed by atoms with van der Waals surface area (Å²) >= 11 is 1.65. The number of carbonyl (C=O) groups excluding carboxylic acids is 1. The summed E-state index contributed by atoms with van der Waals surface area (Å²) in [5.41, 5.74) is 1.07. The second kappa shape index (κ2) is 9.29. The van der Waals surface area contributed by atoms with E-state index in [4.69, 9.17) is 4.74 Å². The lowest BCUT2D eigenvalue weighted by Gasteiger charge is -2.37. The van der Waals surface area contributed by atoms with Crippen LogP contribution in [0.4, 0.5) is 11.4 Å². The number of hydrogen-bond donors (Lipinski definition) is 1. The Bertz CT molecular complexity index is 879.